The van der Waals surface area contributed by atoms with Crippen LogP contribution in [0.5, 0.6) is 5.75 Å². The van der Waals surface area contributed by atoms with Crippen molar-refractivity contribution in [2.24, 2.45) is 5.41 Å². The molecule has 0 heterocycles. The molecular weight excluding hydrogens is 241 g/mol. The molecule has 0 saturated heterocycles. The van der Waals surface area contributed by atoms with Gasteiger partial charge in [-0.2, -0.15) is 0 Å². The lowest BCUT2D eigenvalue weighted by Gasteiger charge is -2.34. The molecule has 3 heteroatoms. The predicted octanol–water partition coefficient (Wildman–Crippen LogP) is 3.89. The largest absolute Gasteiger partial charge is 0.494 e. The Morgan fingerprint density at radius 2 is 2.00 bits per heavy atom. The number of ether oxygens (including phenoxy) is 1. The van der Waals surface area contributed by atoms with Crippen LogP contribution >= 0.6 is 0 Å². The lowest BCUT2D eigenvalue weighted by Crippen LogP contribution is -2.35. The smallest absolute Gasteiger partial charge is 0.165 e. The molecule has 1 saturated carbocycles. The molecule has 0 amide bonds. The van der Waals surface area contributed by atoms with Crippen molar-refractivity contribution in [3.05, 3.63) is 29.6 Å². The fraction of sp³-hybridized carbons (Fsp3) is 0.625. The Balaban J connectivity index is 1.84. The van der Waals surface area contributed by atoms with E-state index in [1.54, 1.807) is 12.1 Å². The van der Waals surface area contributed by atoms with Crippen LogP contribution in [0.25, 0.3) is 0 Å². The molecule has 1 aliphatic rings. The van der Waals surface area contributed by atoms with Gasteiger partial charge in [-0.3, -0.25) is 0 Å². The van der Waals surface area contributed by atoms with E-state index in [2.05, 4.69) is 19.2 Å². The maximum Gasteiger partial charge on any atom is 0.165 e. The van der Waals surface area contributed by atoms with Gasteiger partial charge in [-0.1, -0.05) is 19.9 Å². The van der Waals surface area contributed by atoms with Crippen molar-refractivity contribution >= 4 is 0 Å². The number of halogens is 1. The molecule has 1 fully saturated rings. The van der Waals surface area contributed by atoms with Crippen molar-refractivity contribution in [2.45, 2.75) is 52.1 Å². The van der Waals surface area contributed by atoms with Crippen LogP contribution in [-0.4, -0.2) is 13.2 Å². The van der Waals surface area contributed by atoms with E-state index in [1.807, 2.05) is 6.07 Å². The van der Waals surface area contributed by atoms with Gasteiger partial charge in [0.25, 0.3) is 0 Å². The Labute approximate surface area is 115 Å². The zero-order valence-electron chi connectivity index (χ0n) is 12.1. The van der Waals surface area contributed by atoms with Crippen molar-refractivity contribution in [3.63, 3.8) is 0 Å². The third-order valence-corrected chi connectivity index (χ3v) is 4.15. The summed E-state index contributed by atoms with van der Waals surface area (Å²) in [6, 6.07) is 5.73. The summed E-state index contributed by atoms with van der Waals surface area (Å²) < 4.78 is 18.5. The second kappa shape index (κ2) is 5.91. The van der Waals surface area contributed by atoms with E-state index in [1.165, 1.54) is 32.8 Å². The summed E-state index contributed by atoms with van der Waals surface area (Å²) in [7, 11) is 1.49. The first-order chi connectivity index (χ1) is 9.00. The highest BCUT2D eigenvalue weighted by Gasteiger charge is 2.26. The highest BCUT2D eigenvalue weighted by Crippen LogP contribution is 2.35. The van der Waals surface area contributed by atoms with E-state index < -0.39 is 0 Å². The summed E-state index contributed by atoms with van der Waals surface area (Å²) in [4.78, 5) is 0. The zero-order chi connectivity index (χ0) is 13.9. The highest BCUT2D eigenvalue weighted by molar-refractivity contribution is 5.29. The topological polar surface area (TPSA) is 21.3 Å². The molecule has 0 bridgehead atoms. The van der Waals surface area contributed by atoms with Gasteiger partial charge in [0.05, 0.1) is 7.11 Å². The molecule has 1 aliphatic carbocycles. The number of nitrogens with one attached hydrogen (secondary N) is 1. The molecule has 2 rings (SSSR count). The maximum atomic E-state index is 13.6. The van der Waals surface area contributed by atoms with E-state index in [-0.39, 0.29) is 5.82 Å². The van der Waals surface area contributed by atoms with Gasteiger partial charge in [0.15, 0.2) is 11.6 Å². The van der Waals surface area contributed by atoms with E-state index in [0.29, 0.717) is 17.2 Å². The summed E-state index contributed by atoms with van der Waals surface area (Å²) >= 11 is 0. The van der Waals surface area contributed by atoms with E-state index in [0.717, 1.165) is 12.1 Å². The van der Waals surface area contributed by atoms with Crippen LogP contribution in [0, 0.1) is 11.2 Å². The van der Waals surface area contributed by atoms with E-state index >= 15 is 0 Å². The maximum absolute atomic E-state index is 13.6. The Kier molecular flexibility index (Phi) is 4.46. The fourth-order valence-electron chi connectivity index (χ4n) is 2.69. The van der Waals surface area contributed by atoms with E-state index in [9.17, 15) is 4.39 Å². The number of rotatable bonds is 4. The van der Waals surface area contributed by atoms with Crippen molar-refractivity contribution < 1.29 is 9.13 Å². The Hall–Kier alpha value is -1.09. The van der Waals surface area contributed by atoms with Gasteiger partial charge in [0.1, 0.15) is 0 Å². The first-order valence-electron chi connectivity index (χ1n) is 7.06. The number of hydrogen-bond donors (Lipinski definition) is 1. The Morgan fingerprint density at radius 1 is 1.32 bits per heavy atom. The normalized spacial score (nSPS) is 19.4. The molecule has 19 heavy (non-hydrogen) atoms. The van der Waals surface area contributed by atoms with Crippen molar-refractivity contribution in [1.29, 1.82) is 0 Å². The summed E-state index contributed by atoms with van der Waals surface area (Å²) in [5.41, 5.74) is 1.47. The first kappa shape index (κ1) is 14.3. The van der Waals surface area contributed by atoms with Crippen LogP contribution in [-0.2, 0) is 6.54 Å². The van der Waals surface area contributed by atoms with Crippen LogP contribution in [0.3, 0.4) is 0 Å². The van der Waals surface area contributed by atoms with Gasteiger partial charge >= 0.3 is 0 Å². The van der Waals surface area contributed by atoms with Gasteiger partial charge in [0, 0.05) is 12.6 Å². The van der Waals surface area contributed by atoms with Gasteiger partial charge in [-0.15, -0.1) is 0 Å². The molecule has 1 aromatic carbocycles. The van der Waals surface area contributed by atoms with Crippen molar-refractivity contribution in [3.8, 4) is 5.75 Å². The first-order valence-corrected chi connectivity index (χ1v) is 7.06. The molecule has 0 aliphatic heterocycles. The van der Waals surface area contributed by atoms with E-state index in [4.69, 9.17) is 4.74 Å². The van der Waals surface area contributed by atoms with Crippen LogP contribution in [0.2, 0.25) is 0 Å². The zero-order valence-corrected chi connectivity index (χ0v) is 12.1. The highest BCUT2D eigenvalue weighted by atomic mass is 19.1. The summed E-state index contributed by atoms with van der Waals surface area (Å²) in [6.45, 7) is 5.40. The number of benzene rings is 1. The monoisotopic (exact) mass is 265 g/mol. The molecule has 1 aromatic rings. The third-order valence-electron chi connectivity index (χ3n) is 4.15. The third kappa shape index (κ3) is 3.93. The summed E-state index contributed by atoms with van der Waals surface area (Å²) in [6.07, 6.45) is 4.96. The average Bonchev–Trinajstić information content (AvgIpc) is 2.38. The average molecular weight is 265 g/mol. The van der Waals surface area contributed by atoms with Crippen LogP contribution in [0.15, 0.2) is 18.2 Å². The number of hydrogen-bond acceptors (Lipinski definition) is 2. The van der Waals surface area contributed by atoms with Gasteiger partial charge in [0.2, 0.25) is 0 Å². The lowest BCUT2D eigenvalue weighted by atomic mass is 9.75. The quantitative estimate of drug-likeness (QED) is 0.891. The summed E-state index contributed by atoms with van der Waals surface area (Å²) in [5.74, 6) is 0.0229. The lowest BCUT2D eigenvalue weighted by molar-refractivity contribution is 0.206. The molecule has 106 valence electrons. The molecule has 2 nitrogen and oxygen atoms in total. The van der Waals surface area contributed by atoms with Crippen LogP contribution in [0.4, 0.5) is 4.39 Å². The number of methoxy groups -OCH3 is 1. The molecule has 0 aromatic heterocycles. The minimum absolute atomic E-state index is 0.286. The molecule has 1 N–H and O–H groups in total. The predicted molar refractivity (Wildman–Crippen MR) is 75.8 cm³/mol. The fourth-order valence-corrected chi connectivity index (χ4v) is 2.69. The molecule has 0 spiro atoms. The van der Waals surface area contributed by atoms with Crippen molar-refractivity contribution in [1.82, 2.24) is 5.32 Å². The Morgan fingerprint density at radius 3 is 2.58 bits per heavy atom. The standard InChI is InChI=1S/C16H24FNO/c1-16(2)8-6-13(7-9-16)18-11-12-4-5-15(19-3)14(17)10-12/h4-5,10,13,18H,6-9,11H2,1-3H3. The van der Waals surface area contributed by atoms with Crippen LogP contribution < -0.4 is 10.1 Å². The second-order valence-electron chi connectivity index (χ2n) is 6.29. The van der Waals surface area contributed by atoms with Crippen molar-refractivity contribution in [2.75, 3.05) is 7.11 Å². The summed E-state index contributed by atoms with van der Waals surface area (Å²) in [5, 5.41) is 3.53. The minimum Gasteiger partial charge on any atom is -0.494 e. The van der Waals surface area contributed by atoms with Gasteiger partial charge < -0.3 is 10.1 Å². The minimum atomic E-state index is -0.286. The SMILES string of the molecule is COc1ccc(CNC2CCC(C)(C)CC2)cc1F. The van der Waals surface area contributed by atoms with Gasteiger partial charge in [-0.05, 0) is 48.8 Å². The Bertz CT molecular complexity index is 421. The molecular formula is C16H24FNO. The second-order valence-corrected chi connectivity index (χ2v) is 6.29. The molecule has 0 atom stereocenters. The molecule has 0 radical (unpaired) electrons. The van der Waals surface area contributed by atoms with Crippen LogP contribution in [0.1, 0.15) is 45.1 Å². The van der Waals surface area contributed by atoms with Gasteiger partial charge in [-0.25, -0.2) is 4.39 Å². The molecule has 0 unspecified atom stereocenters.